The molecule has 1 saturated heterocycles. The number of nitrogens with zero attached hydrogens (tertiary/aromatic N) is 5. The number of anilines is 2. The molecule has 5 rings (SSSR count). The normalized spacial score (nSPS) is 15.1. The third-order valence-electron chi connectivity index (χ3n) is 4.80. The molecular weight excluding hydrogens is 408 g/mol. The summed E-state index contributed by atoms with van der Waals surface area (Å²) in [5.41, 5.74) is 0.730. The lowest BCUT2D eigenvalue weighted by atomic mass is 10.2. The minimum atomic E-state index is -0.0546. The molecule has 1 aliphatic heterocycles. The molecule has 29 heavy (non-hydrogen) atoms. The van der Waals surface area contributed by atoms with Crippen molar-refractivity contribution in [3.05, 3.63) is 41.5 Å². The van der Waals surface area contributed by atoms with Crippen molar-refractivity contribution in [2.45, 2.75) is 0 Å². The van der Waals surface area contributed by atoms with E-state index in [0.717, 1.165) is 47.9 Å². The molecule has 148 valence electrons. The van der Waals surface area contributed by atoms with Crippen LogP contribution in [0.1, 0.15) is 0 Å². The summed E-state index contributed by atoms with van der Waals surface area (Å²) in [5.74, 6) is 1.62. The molecule has 1 aliphatic rings. The van der Waals surface area contributed by atoms with Crippen molar-refractivity contribution in [1.29, 1.82) is 0 Å². The first-order valence-corrected chi connectivity index (χ1v) is 11.0. The van der Waals surface area contributed by atoms with Gasteiger partial charge in [0.15, 0.2) is 10.9 Å². The van der Waals surface area contributed by atoms with E-state index in [1.807, 2.05) is 22.9 Å². The van der Waals surface area contributed by atoms with Gasteiger partial charge >= 0.3 is 0 Å². The Hall–Kier alpha value is -2.82. The molecule has 4 aromatic heterocycles. The van der Waals surface area contributed by atoms with Crippen molar-refractivity contribution in [2.24, 2.45) is 0 Å². The predicted molar refractivity (Wildman–Crippen MR) is 115 cm³/mol. The van der Waals surface area contributed by atoms with E-state index in [1.165, 1.54) is 11.3 Å². The number of rotatable bonds is 5. The van der Waals surface area contributed by atoms with Crippen molar-refractivity contribution in [3.63, 3.8) is 0 Å². The average Bonchev–Trinajstić information content (AvgIpc) is 3.49. The first kappa shape index (κ1) is 18.2. The van der Waals surface area contributed by atoms with Crippen LogP contribution in [0, 0.1) is 0 Å². The number of aromatic nitrogens is 3. The quantitative estimate of drug-likeness (QED) is 0.524. The lowest BCUT2D eigenvalue weighted by molar-refractivity contribution is -0.117. The summed E-state index contributed by atoms with van der Waals surface area (Å²) in [6.45, 7) is 3.61. The highest BCUT2D eigenvalue weighted by Crippen LogP contribution is 2.27. The molecular formula is C19H18N6O2S2. The number of thiazole rings is 1. The van der Waals surface area contributed by atoms with E-state index in [9.17, 15) is 4.79 Å². The Morgan fingerprint density at radius 1 is 1.17 bits per heavy atom. The molecule has 1 N–H and O–H groups in total. The number of thiophene rings is 1. The number of nitrogens with one attached hydrogen (secondary N) is 1. The first-order chi connectivity index (χ1) is 14.3. The fraction of sp³-hybridized carbons (Fsp3) is 0.263. The lowest BCUT2D eigenvalue weighted by Crippen LogP contribution is -2.49. The molecule has 5 heterocycles. The van der Waals surface area contributed by atoms with E-state index < -0.39 is 0 Å². The van der Waals surface area contributed by atoms with Crippen LogP contribution in [0.25, 0.3) is 21.7 Å². The highest BCUT2D eigenvalue weighted by Gasteiger charge is 2.22. The molecule has 0 bridgehead atoms. The summed E-state index contributed by atoms with van der Waals surface area (Å²) in [4.78, 5) is 31.1. The van der Waals surface area contributed by atoms with Gasteiger partial charge in [-0.3, -0.25) is 9.69 Å². The first-order valence-electron chi connectivity index (χ1n) is 9.21. The van der Waals surface area contributed by atoms with Crippen molar-refractivity contribution < 1.29 is 9.21 Å². The van der Waals surface area contributed by atoms with Gasteiger partial charge in [-0.25, -0.2) is 15.0 Å². The second-order valence-electron chi connectivity index (χ2n) is 6.66. The Morgan fingerprint density at radius 3 is 2.90 bits per heavy atom. The Labute approximate surface area is 174 Å². The van der Waals surface area contributed by atoms with Crippen LogP contribution in [0.3, 0.4) is 0 Å². The number of carbonyl (C=O) groups excluding carboxylic acids is 1. The number of furan rings is 1. The van der Waals surface area contributed by atoms with Crippen LogP contribution in [0.5, 0.6) is 0 Å². The van der Waals surface area contributed by atoms with Gasteiger partial charge in [0.2, 0.25) is 5.91 Å². The van der Waals surface area contributed by atoms with Crippen LogP contribution in [-0.2, 0) is 4.79 Å². The summed E-state index contributed by atoms with van der Waals surface area (Å²) in [5, 5.41) is 8.48. The highest BCUT2D eigenvalue weighted by atomic mass is 32.1. The molecule has 1 amide bonds. The van der Waals surface area contributed by atoms with Crippen molar-refractivity contribution in [1.82, 2.24) is 19.9 Å². The van der Waals surface area contributed by atoms with Gasteiger partial charge in [-0.2, -0.15) is 0 Å². The SMILES string of the molecule is O=C(CN1CCN(c2ncnc3sccc23)CC1)Nc1nc(-c2ccco2)cs1. The van der Waals surface area contributed by atoms with E-state index in [0.29, 0.717) is 17.4 Å². The maximum Gasteiger partial charge on any atom is 0.240 e. The molecule has 0 radical (unpaired) electrons. The molecule has 0 unspecified atom stereocenters. The van der Waals surface area contributed by atoms with Gasteiger partial charge in [-0.15, -0.1) is 22.7 Å². The van der Waals surface area contributed by atoms with Gasteiger partial charge in [-0.1, -0.05) is 0 Å². The second-order valence-corrected chi connectivity index (χ2v) is 8.42. The molecule has 1 fully saturated rings. The zero-order chi connectivity index (χ0) is 19.6. The minimum absolute atomic E-state index is 0.0546. The van der Waals surface area contributed by atoms with E-state index in [4.69, 9.17) is 4.42 Å². The van der Waals surface area contributed by atoms with Gasteiger partial charge in [-0.05, 0) is 23.6 Å². The summed E-state index contributed by atoms with van der Waals surface area (Å²) in [7, 11) is 0. The summed E-state index contributed by atoms with van der Waals surface area (Å²) in [6, 6.07) is 5.74. The molecule has 8 nitrogen and oxygen atoms in total. The average molecular weight is 427 g/mol. The van der Waals surface area contributed by atoms with Crippen LogP contribution < -0.4 is 10.2 Å². The van der Waals surface area contributed by atoms with Gasteiger partial charge in [0.1, 0.15) is 22.7 Å². The van der Waals surface area contributed by atoms with Crippen molar-refractivity contribution in [2.75, 3.05) is 42.9 Å². The third kappa shape index (κ3) is 3.86. The van der Waals surface area contributed by atoms with Crippen LogP contribution in [0.15, 0.2) is 46.0 Å². The molecule has 0 aliphatic carbocycles. The monoisotopic (exact) mass is 426 g/mol. The van der Waals surface area contributed by atoms with Crippen molar-refractivity contribution in [3.8, 4) is 11.5 Å². The standard InChI is InChI=1S/C19H18N6O2S2/c26-16(23-19-22-14(11-29-19)15-2-1-8-27-15)10-24-4-6-25(7-5-24)17-13-3-9-28-18(13)21-12-20-17/h1-3,8-9,11-12H,4-7,10H2,(H,22,23,26). The Balaban J connectivity index is 1.16. The lowest BCUT2D eigenvalue weighted by Gasteiger charge is -2.35. The van der Waals surface area contributed by atoms with Gasteiger partial charge in [0.25, 0.3) is 0 Å². The van der Waals surface area contributed by atoms with Crippen LogP contribution in [0.2, 0.25) is 0 Å². The van der Waals surface area contributed by atoms with E-state index in [1.54, 1.807) is 23.9 Å². The minimum Gasteiger partial charge on any atom is -0.463 e. The number of piperazine rings is 1. The molecule has 0 aromatic carbocycles. The number of hydrogen-bond donors (Lipinski definition) is 1. The number of fused-ring (bicyclic) bond motifs is 1. The van der Waals surface area contributed by atoms with E-state index in [-0.39, 0.29) is 5.91 Å². The Bertz CT molecular complexity index is 1110. The fourth-order valence-corrected chi connectivity index (χ4v) is 4.82. The maximum absolute atomic E-state index is 12.4. The molecule has 0 saturated carbocycles. The summed E-state index contributed by atoms with van der Waals surface area (Å²) in [6.07, 6.45) is 3.23. The second kappa shape index (κ2) is 7.90. The van der Waals surface area contributed by atoms with Gasteiger partial charge in [0, 0.05) is 31.6 Å². The third-order valence-corrected chi connectivity index (χ3v) is 6.38. The highest BCUT2D eigenvalue weighted by molar-refractivity contribution is 7.16. The van der Waals surface area contributed by atoms with Crippen LogP contribution >= 0.6 is 22.7 Å². The summed E-state index contributed by atoms with van der Waals surface area (Å²) >= 11 is 3.02. The summed E-state index contributed by atoms with van der Waals surface area (Å²) < 4.78 is 5.34. The number of carbonyl (C=O) groups is 1. The van der Waals surface area contributed by atoms with E-state index >= 15 is 0 Å². The zero-order valence-electron chi connectivity index (χ0n) is 15.4. The smallest absolute Gasteiger partial charge is 0.240 e. The molecule has 0 spiro atoms. The maximum atomic E-state index is 12.4. The fourth-order valence-electron chi connectivity index (χ4n) is 3.38. The molecule has 4 aromatic rings. The Morgan fingerprint density at radius 2 is 2.07 bits per heavy atom. The van der Waals surface area contributed by atoms with Crippen LogP contribution in [-0.4, -0.2) is 58.5 Å². The topological polar surface area (TPSA) is 87.4 Å². The molecule has 0 atom stereocenters. The number of amides is 1. The van der Waals surface area contributed by atoms with Gasteiger partial charge in [0.05, 0.1) is 18.2 Å². The van der Waals surface area contributed by atoms with Gasteiger partial charge < -0.3 is 14.6 Å². The largest absolute Gasteiger partial charge is 0.463 e. The zero-order valence-corrected chi connectivity index (χ0v) is 17.1. The predicted octanol–water partition coefficient (Wildman–Crippen LogP) is 3.17. The van der Waals surface area contributed by atoms with E-state index in [2.05, 4.69) is 36.1 Å². The number of hydrogen-bond acceptors (Lipinski definition) is 9. The molecule has 10 heteroatoms. The Kier molecular flexibility index (Phi) is 4.96. The van der Waals surface area contributed by atoms with Crippen molar-refractivity contribution >= 4 is 49.7 Å². The van der Waals surface area contributed by atoms with Crippen LogP contribution in [0.4, 0.5) is 10.9 Å².